The lowest BCUT2D eigenvalue weighted by Crippen LogP contribution is -2.41. The molecule has 1 saturated carbocycles. The van der Waals surface area contributed by atoms with Crippen LogP contribution in [-0.4, -0.2) is 46.6 Å². The van der Waals surface area contributed by atoms with Gasteiger partial charge in [-0.2, -0.15) is 13.1 Å². The Morgan fingerprint density at radius 3 is 2.56 bits per heavy atom. The van der Waals surface area contributed by atoms with Crippen LogP contribution in [0.2, 0.25) is 0 Å². The second kappa shape index (κ2) is 7.81. The summed E-state index contributed by atoms with van der Waals surface area (Å²) in [4.78, 5) is 12.6. The summed E-state index contributed by atoms with van der Waals surface area (Å²) in [5.74, 6) is -0.375. The molecule has 0 N–H and O–H groups in total. The van der Waals surface area contributed by atoms with Gasteiger partial charge >= 0.3 is 5.97 Å². The number of esters is 1. The van der Waals surface area contributed by atoms with Crippen LogP contribution in [0.5, 0.6) is 0 Å². The second-order valence-electron chi connectivity index (χ2n) is 7.26. The Morgan fingerprint density at radius 2 is 1.81 bits per heavy atom. The van der Waals surface area contributed by atoms with E-state index < -0.39 is 10.0 Å². The van der Waals surface area contributed by atoms with Gasteiger partial charge in [-0.05, 0) is 50.7 Å². The molecule has 0 spiro atoms. The van der Waals surface area contributed by atoms with Gasteiger partial charge in [0, 0.05) is 13.1 Å². The van der Waals surface area contributed by atoms with Gasteiger partial charge in [0.1, 0.15) is 22.0 Å². The van der Waals surface area contributed by atoms with Crippen molar-refractivity contribution in [3.63, 3.8) is 0 Å². The quantitative estimate of drug-likeness (QED) is 0.721. The molecule has 1 aliphatic carbocycles. The fourth-order valence-electron chi connectivity index (χ4n) is 3.90. The van der Waals surface area contributed by atoms with Crippen LogP contribution in [0.4, 0.5) is 0 Å². The van der Waals surface area contributed by atoms with Crippen LogP contribution in [0, 0.1) is 5.92 Å². The third kappa shape index (κ3) is 3.86. The Morgan fingerprint density at radius 1 is 1.07 bits per heavy atom. The van der Waals surface area contributed by atoms with Crippen molar-refractivity contribution in [2.75, 3.05) is 13.1 Å². The molecule has 0 unspecified atom stereocenters. The number of fused-ring (bicyclic) bond motifs is 1. The molecule has 1 aromatic carbocycles. The Kier molecular flexibility index (Phi) is 5.43. The maximum atomic E-state index is 13.0. The molecule has 1 saturated heterocycles. The number of carbonyl (C=O) groups is 1. The molecule has 2 aliphatic rings. The predicted molar refractivity (Wildman–Crippen MR) is 102 cm³/mol. The molecule has 4 rings (SSSR count). The van der Waals surface area contributed by atoms with Gasteiger partial charge in [-0.15, -0.1) is 0 Å². The molecule has 2 fully saturated rings. The highest BCUT2D eigenvalue weighted by molar-refractivity contribution is 7.89. The highest BCUT2D eigenvalue weighted by Crippen LogP contribution is 2.29. The first-order valence-electron chi connectivity index (χ1n) is 9.47. The van der Waals surface area contributed by atoms with Crippen molar-refractivity contribution in [1.29, 1.82) is 0 Å². The van der Waals surface area contributed by atoms with Crippen molar-refractivity contribution < 1.29 is 17.9 Å². The molecule has 2 aromatic rings. The second-order valence-corrected chi connectivity index (χ2v) is 9.70. The highest BCUT2D eigenvalue weighted by atomic mass is 32.2. The van der Waals surface area contributed by atoms with E-state index in [1.807, 2.05) is 0 Å². The maximum Gasteiger partial charge on any atom is 0.309 e. The van der Waals surface area contributed by atoms with Crippen LogP contribution in [-0.2, 0) is 19.6 Å². The van der Waals surface area contributed by atoms with Crippen molar-refractivity contribution in [1.82, 2.24) is 13.1 Å². The van der Waals surface area contributed by atoms with Crippen LogP contribution < -0.4 is 0 Å². The van der Waals surface area contributed by atoms with E-state index in [-0.39, 0.29) is 22.9 Å². The first-order valence-corrected chi connectivity index (χ1v) is 11.6. The lowest BCUT2D eigenvalue weighted by Gasteiger charge is -2.31. The van der Waals surface area contributed by atoms with Crippen molar-refractivity contribution in [2.45, 2.75) is 55.9 Å². The minimum Gasteiger partial charge on any atom is -0.462 e. The summed E-state index contributed by atoms with van der Waals surface area (Å²) in [6, 6.07) is 5.01. The van der Waals surface area contributed by atoms with Gasteiger partial charge in [0.05, 0.1) is 17.6 Å². The molecule has 0 atom stereocenters. The third-order valence-electron chi connectivity index (χ3n) is 5.49. The summed E-state index contributed by atoms with van der Waals surface area (Å²) < 4.78 is 41.4. The molecule has 1 aromatic heterocycles. The first kappa shape index (κ1) is 18.8. The number of rotatable bonds is 4. The number of benzene rings is 1. The van der Waals surface area contributed by atoms with E-state index in [2.05, 4.69) is 8.75 Å². The summed E-state index contributed by atoms with van der Waals surface area (Å²) in [6.45, 7) is 0.640. The summed E-state index contributed by atoms with van der Waals surface area (Å²) in [5.41, 5.74) is 1.01. The van der Waals surface area contributed by atoms with Crippen LogP contribution in [0.3, 0.4) is 0 Å². The summed E-state index contributed by atoms with van der Waals surface area (Å²) >= 11 is 1.01. The Hall–Kier alpha value is -1.58. The van der Waals surface area contributed by atoms with Gasteiger partial charge in [-0.3, -0.25) is 4.79 Å². The molecule has 9 heteroatoms. The molecule has 27 heavy (non-hydrogen) atoms. The van der Waals surface area contributed by atoms with Gasteiger partial charge in [-0.1, -0.05) is 12.5 Å². The highest BCUT2D eigenvalue weighted by Gasteiger charge is 2.34. The predicted octanol–water partition coefficient (Wildman–Crippen LogP) is 2.97. The van der Waals surface area contributed by atoms with Crippen LogP contribution in [0.15, 0.2) is 23.1 Å². The third-order valence-corrected chi connectivity index (χ3v) is 7.96. The summed E-state index contributed by atoms with van der Waals surface area (Å²) in [6.07, 6.45) is 6.38. The number of hydrogen-bond donors (Lipinski definition) is 0. The number of ether oxygens (including phenoxy) is 1. The molecule has 2 heterocycles. The topological polar surface area (TPSA) is 89.5 Å². The number of carbonyl (C=O) groups excluding carboxylic acids is 1. The average molecular weight is 410 g/mol. The van der Waals surface area contributed by atoms with Crippen molar-refractivity contribution >= 4 is 38.8 Å². The van der Waals surface area contributed by atoms with Gasteiger partial charge in [0.2, 0.25) is 10.0 Å². The minimum atomic E-state index is -3.65. The number of sulfonamides is 1. The van der Waals surface area contributed by atoms with E-state index in [0.717, 1.165) is 37.4 Å². The number of hydrogen-bond acceptors (Lipinski definition) is 7. The van der Waals surface area contributed by atoms with E-state index in [9.17, 15) is 13.2 Å². The smallest absolute Gasteiger partial charge is 0.309 e. The van der Waals surface area contributed by atoms with E-state index >= 15 is 0 Å². The zero-order valence-electron chi connectivity index (χ0n) is 15.0. The molecule has 0 amide bonds. The normalized spacial score (nSPS) is 20.7. The fraction of sp³-hybridized carbons (Fsp3) is 0.611. The van der Waals surface area contributed by atoms with Crippen molar-refractivity contribution in [2.24, 2.45) is 5.92 Å². The SMILES string of the molecule is O=C(OC1CCCCC1)C1CCN(S(=O)(=O)c2cccc3nsnc23)CC1. The van der Waals surface area contributed by atoms with E-state index in [1.165, 1.54) is 10.7 Å². The molecular weight excluding hydrogens is 386 g/mol. The van der Waals surface area contributed by atoms with E-state index in [1.54, 1.807) is 18.2 Å². The van der Waals surface area contributed by atoms with Crippen LogP contribution in [0.25, 0.3) is 11.0 Å². The van der Waals surface area contributed by atoms with Crippen molar-refractivity contribution in [3.05, 3.63) is 18.2 Å². The largest absolute Gasteiger partial charge is 0.462 e. The van der Waals surface area contributed by atoms with Gasteiger partial charge in [0.25, 0.3) is 0 Å². The zero-order valence-corrected chi connectivity index (χ0v) is 16.7. The van der Waals surface area contributed by atoms with Crippen molar-refractivity contribution in [3.8, 4) is 0 Å². The minimum absolute atomic E-state index is 0.0442. The Balaban J connectivity index is 1.41. The standard InChI is InChI=1S/C18H23N3O4S2/c22-18(25-14-5-2-1-3-6-14)13-9-11-21(12-10-13)27(23,24)16-8-4-7-15-17(16)20-26-19-15/h4,7-8,13-14H,1-3,5-6,9-12H2. The maximum absolute atomic E-state index is 13.0. The van der Waals surface area contributed by atoms with Gasteiger partial charge in [-0.25, -0.2) is 8.42 Å². The zero-order chi connectivity index (χ0) is 18.9. The van der Waals surface area contributed by atoms with Gasteiger partial charge in [0.15, 0.2) is 0 Å². The molecule has 1 aliphatic heterocycles. The van der Waals surface area contributed by atoms with Crippen LogP contribution >= 0.6 is 11.7 Å². The average Bonchev–Trinajstić information content (AvgIpc) is 3.17. The summed E-state index contributed by atoms with van der Waals surface area (Å²) in [7, 11) is -3.65. The molecule has 0 radical (unpaired) electrons. The van der Waals surface area contributed by atoms with E-state index in [4.69, 9.17) is 4.74 Å². The van der Waals surface area contributed by atoms with Gasteiger partial charge < -0.3 is 4.74 Å². The molecule has 146 valence electrons. The monoisotopic (exact) mass is 409 g/mol. The molecule has 7 nitrogen and oxygen atoms in total. The molecular formula is C18H23N3O4S2. The fourth-order valence-corrected chi connectivity index (χ4v) is 6.13. The Bertz CT molecular complexity index is 914. The van der Waals surface area contributed by atoms with E-state index in [0.29, 0.717) is 37.0 Å². The van der Waals surface area contributed by atoms with Crippen LogP contribution in [0.1, 0.15) is 44.9 Å². The molecule has 0 bridgehead atoms. The Labute approximate surface area is 163 Å². The number of piperidine rings is 1. The lowest BCUT2D eigenvalue weighted by atomic mass is 9.96. The number of aromatic nitrogens is 2. The number of nitrogens with zero attached hydrogens (tertiary/aromatic N) is 3. The lowest BCUT2D eigenvalue weighted by molar-refractivity contribution is -0.156. The summed E-state index contributed by atoms with van der Waals surface area (Å²) in [5, 5.41) is 0. The first-order chi connectivity index (χ1) is 13.1.